The Kier molecular flexibility index (Phi) is 4.47. The fourth-order valence-corrected chi connectivity index (χ4v) is 2.60. The summed E-state index contributed by atoms with van der Waals surface area (Å²) in [5, 5.41) is 3.16. The predicted molar refractivity (Wildman–Crippen MR) is 68.8 cm³/mol. The first-order chi connectivity index (χ1) is 9.00. The van der Waals surface area contributed by atoms with E-state index in [9.17, 15) is 13.2 Å². The summed E-state index contributed by atoms with van der Waals surface area (Å²) in [6.07, 6.45) is -1.94. The molecule has 0 amide bonds. The van der Waals surface area contributed by atoms with Crippen LogP contribution in [-0.4, -0.2) is 31.1 Å². The molecule has 1 fully saturated rings. The van der Waals surface area contributed by atoms with Crippen LogP contribution < -0.4 is 5.32 Å². The summed E-state index contributed by atoms with van der Waals surface area (Å²) in [6.45, 7) is 2.68. The molecule has 0 saturated carbocycles. The maximum atomic E-state index is 12.5. The summed E-state index contributed by atoms with van der Waals surface area (Å²) in [4.78, 5) is 2.33. The molecule has 2 nitrogen and oxygen atoms in total. The van der Waals surface area contributed by atoms with Crippen molar-refractivity contribution >= 4 is 0 Å². The number of rotatable bonds is 4. The second-order valence-electron chi connectivity index (χ2n) is 5.02. The lowest BCUT2D eigenvalue weighted by Crippen LogP contribution is -2.36. The van der Waals surface area contributed by atoms with Crippen molar-refractivity contribution in [2.45, 2.75) is 31.6 Å². The fraction of sp³-hybridized carbons (Fsp3) is 0.571. The van der Waals surface area contributed by atoms with Gasteiger partial charge in [0.05, 0.1) is 5.56 Å². The van der Waals surface area contributed by atoms with Crippen molar-refractivity contribution in [3.8, 4) is 0 Å². The molecule has 1 heterocycles. The van der Waals surface area contributed by atoms with Gasteiger partial charge in [0.25, 0.3) is 0 Å². The van der Waals surface area contributed by atoms with Crippen LogP contribution in [0.3, 0.4) is 0 Å². The van der Waals surface area contributed by atoms with Crippen LogP contribution in [0.25, 0.3) is 0 Å². The monoisotopic (exact) mass is 272 g/mol. The second-order valence-corrected chi connectivity index (χ2v) is 5.02. The highest BCUT2D eigenvalue weighted by Gasteiger charge is 2.30. The SMILES string of the molecule is CNCC1CCCN1Cc1ccc(C(F)(F)F)cc1. The largest absolute Gasteiger partial charge is 0.416 e. The van der Waals surface area contributed by atoms with E-state index in [-0.39, 0.29) is 0 Å². The van der Waals surface area contributed by atoms with E-state index in [1.54, 1.807) is 12.1 Å². The molecule has 0 spiro atoms. The lowest BCUT2D eigenvalue weighted by atomic mass is 10.1. The smallest absolute Gasteiger partial charge is 0.318 e. The summed E-state index contributed by atoms with van der Waals surface area (Å²) < 4.78 is 37.4. The summed E-state index contributed by atoms with van der Waals surface area (Å²) in [5.74, 6) is 0. The molecule has 1 aliphatic rings. The molecular weight excluding hydrogens is 253 g/mol. The molecule has 1 unspecified atom stereocenters. The standard InChI is InChI=1S/C14H19F3N2/c1-18-9-13-3-2-8-19(13)10-11-4-6-12(7-5-11)14(15,16)17/h4-7,13,18H,2-3,8-10H2,1H3. The van der Waals surface area contributed by atoms with Crippen LogP contribution in [0.15, 0.2) is 24.3 Å². The maximum Gasteiger partial charge on any atom is 0.416 e. The third-order valence-corrected chi connectivity index (χ3v) is 3.61. The fourth-order valence-electron chi connectivity index (χ4n) is 2.60. The van der Waals surface area contributed by atoms with E-state index in [4.69, 9.17) is 0 Å². The van der Waals surface area contributed by atoms with E-state index in [2.05, 4.69) is 10.2 Å². The number of hydrogen-bond donors (Lipinski definition) is 1. The molecule has 5 heteroatoms. The van der Waals surface area contributed by atoms with Crippen molar-refractivity contribution < 1.29 is 13.2 Å². The third kappa shape index (κ3) is 3.70. The first-order valence-electron chi connectivity index (χ1n) is 6.55. The van der Waals surface area contributed by atoms with Crippen LogP contribution in [0.4, 0.5) is 13.2 Å². The van der Waals surface area contributed by atoms with Crippen LogP contribution in [0.1, 0.15) is 24.0 Å². The molecule has 1 aromatic carbocycles. The van der Waals surface area contributed by atoms with E-state index in [0.29, 0.717) is 6.04 Å². The van der Waals surface area contributed by atoms with E-state index in [1.807, 2.05) is 7.05 Å². The minimum Gasteiger partial charge on any atom is -0.318 e. The summed E-state index contributed by atoms with van der Waals surface area (Å²) >= 11 is 0. The van der Waals surface area contributed by atoms with Crippen molar-refractivity contribution in [2.75, 3.05) is 20.1 Å². The molecule has 0 aliphatic carbocycles. The molecule has 1 aromatic rings. The normalized spacial score (nSPS) is 20.9. The number of halogens is 3. The Morgan fingerprint density at radius 3 is 2.53 bits per heavy atom. The average molecular weight is 272 g/mol. The molecule has 1 saturated heterocycles. The highest BCUT2D eigenvalue weighted by atomic mass is 19.4. The Labute approximate surface area is 111 Å². The Hall–Kier alpha value is -1.07. The topological polar surface area (TPSA) is 15.3 Å². The minimum atomic E-state index is -4.25. The zero-order valence-electron chi connectivity index (χ0n) is 11.0. The minimum absolute atomic E-state index is 0.493. The Balaban J connectivity index is 1.99. The van der Waals surface area contributed by atoms with Crippen LogP contribution in [0.2, 0.25) is 0 Å². The number of hydrogen-bond acceptors (Lipinski definition) is 2. The van der Waals surface area contributed by atoms with Gasteiger partial charge in [0.2, 0.25) is 0 Å². The Morgan fingerprint density at radius 1 is 1.26 bits per heavy atom. The van der Waals surface area contributed by atoms with Gasteiger partial charge >= 0.3 is 6.18 Å². The zero-order valence-corrected chi connectivity index (χ0v) is 11.0. The predicted octanol–water partition coefficient (Wildman–Crippen LogP) is 2.89. The van der Waals surface area contributed by atoms with E-state index >= 15 is 0 Å². The Morgan fingerprint density at radius 2 is 1.95 bits per heavy atom. The van der Waals surface area contributed by atoms with Crippen molar-refractivity contribution in [1.29, 1.82) is 0 Å². The average Bonchev–Trinajstić information content (AvgIpc) is 2.77. The van der Waals surface area contributed by atoms with Crippen LogP contribution in [-0.2, 0) is 12.7 Å². The van der Waals surface area contributed by atoms with E-state index in [0.717, 1.165) is 38.0 Å². The molecule has 0 radical (unpaired) electrons. The highest BCUT2D eigenvalue weighted by Crippen LogP contribution is 2.29. The molecule has 1 atom stereocenters. The number of likely N-dealkylation sites (tertiary alicyclic amines) is 1. The van der Waals surface area contributed by atoms with Gasteiger partial charge in [0.15, 0.2) is 0 Å². The molecule has 0 bridgehead atoms. The molecule has 1 N–H and O–H groups in total. The number of nitrogens with zero attached hydrogens (tertiary/aromatic N) is 1. The maximum absolute atomic E-state index is 12.5. The molecule has 19 heavy (non-hydrogen) atoms. The van der Waals surface area contributed by atoms with Gasteiger partial charge in [-0.1, -0.05) is 12.1 Å². The van der Waals surface area contributed by atoms with E-state index in [1.165, 1.54) is 12.1 Å². The van der Waals surface area contributed by atoms with Gasteiger partial charge in [0.1, 0.15) is 0 Å². The van der Waals surface area contributed by atoms with Gasteiger partial charge < -0.3 is 5.32 Å². The Bertz CT molecular complexity index is 400. The summed E-state index contributed by atoms with van der Waals surface area (Å²) in [5.41, 5.74) is 0.362. The van der Waals surface area contributed by atoms with Gasteiger partial charge in [0, 0.05) is 19.1 Å². The summed E-state index contributed by atoms with van der Waals surface area (Å²) in [6, 6.07) is 5.99. The van der Waals surface area contributed by atoms with Crippen molar-refractivity contribution in [3.63, 3.8) is 0 Å². The van der Waals surface area contributed by atoms with Crippen molar-refractivity contribution in [2.24, 2.45) is 0 Å². The molecule has 2 rings (SSSR count). The number of benzene rings is 1. The van der Waals surface area contributed by atoms with Crippen molar-refractivity contribution in [1.82, 2.24) is 10.2 Å². The van der Waals surface area contributed by atoms with Gasteiger partial charge in [-0.05, 0) is 44.1 Å². The van der Waals surface area contributed by atoms with Gasteiger partial charge in [-0.25, -0.2) is 0 Å². The van der Waals surface area contributed by atoms with Crippen LogP contribution >= 0.6 is 0 Å². The van der Waals surface area contributed by atoms with E-state index < -0.39 is 11.7 Å². The van der Waals surface area contributed by atoms with Crippen LogP contribution in [0, 0.1) is 0 Å². The number of likely N-dealkylation sites (N-methyl/N-ethyl adjacent to an activating group) is 1. The molecular formula is C14H19F3N2. The third-order valence-electron chi connectivity index (χ3n) is 3.61. The second kappa shape index (κ2) is 5.92. The lowest BCUT2D eigenvalue weighted by molar-refractivity contribution is -0.137. The molecule has 1 aliphatic heterocycles. The first-order valence-corrected chi connectivity index (χ1v) is 6.55. The molecule has 106 valence electrons. The number of nitrogens with one attached hydrogen (secondary N) is 1. The van der Waals surface area contributed by atoms with Gasteiger partial charge in [-0.3, -0.25) is 4.90 Å². The quantitative estimate of drug-likeness (QED) is 0.906. The highest BCUT2D eigenvalue weighted by molar-refractivity contribution is 5.24. The van der Waals surface area contributed by atoms with Gasteiger partial charge in [-0.2, -0.15) is 13.2 Å². The lowest BCUT2D eigenvalue weighted by Gasteiger charge is -2.24. The first kappa shape index (κ1) is 14.3. The summed E-state index contributed by atoms with van der Waals surface area (Å²) in [7, 11) is 1.93. The number of alkyl halides is 3. The van der Waals surface area contributed by atoms with Gasteiger partial charge in [-0.15, -0.1) is 0 Å². The zero-order chi connectivity index (χ0) is 13.9. The molecule has 0 aromatic heterocycles. The van der Waals surface area contributed by atoms with Crippen LogP contribution in [0.5, 0.6) is 0 Å². The van der Waals surface area contributed by atoms with Crippen molar-refractivity contribution in [3.05, 3.63) is 35.4 Å².